The van der Waals surface area contributed by atoms with Crippen molar-refractivity contribution < 1.29 is 13.6 Å². The predicted molar refractivity (Wildman–Crippen MR) is 115 cm³/mol. The average molecular weight is 423 g/mol. The number of aldehydes is 1. The second kappa shape index (κ2) is 6.70. The Morgan fingerprint density at radius 2 is 1.97 bits per heavy atom. The van der Waals surface area contributed by atoms with E-state index in [4.69, 9.17) is 4.98 Å². The van der Waals surface area contributed by atoms with Gasteiger partial charge in [-0.25, -0.2) is 13.8 Å². The highest BCUT2D eigenvalue weighted by molar-refractivity contribution is 5.86. The van der Waals surface area contributed by atoms with Gasteiger partial charge in [0.2, 0.25) is 5.92 Å². The van der Waals surface area contributed by atoms with E-state index in [0.717, 1.165) is 17.4 Å². The first kappa shape index (κ1) is 19.8. The lowest BCUT2D eigenvalue weighted by Gasteiger charge is -2.43. The number of anilines is 1. The van der Waals surface area contributed by atoms with E-state index in [9.17, 15) is 18.4 Å². The second-order valence-corrected chi connectivity index (χ2v) is 8.95. The minimum absolute atomic E-state index is 0.169. The summed E-state index contributed by atoms with van der Waals surface area (Å²) in [5, 5.41) is 3.85. The third-order valence-electron chi connectivity index (χ3n) is 6.64. The number of carbonyl (C=O) groups excluding carboxylic acids is 1. The lowest BCUT2D eigenvalue weighted by atomic mass is 9.65. The van der Waals surface area contributed by atoms with Crippen LogP contribution in [-0.4, -0.2) is 21.8 Å². The molecule has 1 saturated carbocycles. The molecule has 1 N–H and O–H groups in total. The molecule has 2 heterocycles. The van der Waals surface area contributed by atoms with Crippen molar-refractivity contribution in [2.24, 2.45) is 0 Å². The molecule has 5 rings (SSSR count). The zero-order valence-corrected chi connectivity index (χ0v) is 17.4. The van der Waals surface area contributed by atoms with Crippen molar-refractivity contribution in [2.45, 2.75) is 57.0 Å². The van der Waals surface area contributed by atoms with E-state index in [0.29, 0.717) is 40.9 Å². The Labute approximate surface area is 178 Å². The number of nitrogens with zero attached hydrogens (tertiary/aromatic N) is 2. The Morgan fingerprint density at radius 1 is 1.23 bits per heavy atom. The zero-order chi connectivity index (χ0) is 22.0. The SMILES string of the molecule is Cc1cc(C(C)Nc2ccccc2C=O)c2nc3n(c(=O)c2c1)CCC31CC(F)(F)C1. The van der Waals surface area contributed by atoms with Crippen LogP contribution in [0.2, 0.25) is 0 Å². The van der Waals surface area contributed by atoms with Crippen molar-refractivity contribution in [3.05, 3.63) is 69.3 Å². The van der Waals surface area contributed by atoms with Gasteiger partial charge in [0.05, 0.1) is 16.9 Å². The maximum atomic E-state index is 13.8. The van der Waals surface area contributed by atoms with E-state index in [2.05, 4.69) is 5.32 Å². The highest BCUT2D eigenvalue weighted by Gasteiger charge is 2.61. The smallest absolute Gasteiger partial charge is 0.261 e. The number of rotatable bonds is 4. The van der Waals surface area contributed by atoms with E-state index in [1.807, 2.05) is 38.1 Å². The van der Waals surface area contributed by atoms with Crippen molar-refractivity contribution >= 4 is 22.9 Å². The Morgan fingerprint density at radius 3 is 2.68 bits per heavy atom. The molecule has 1 fully saturated rings. The van der Waals surface area contributed by atoms with Crippen LogP contribution in [0.25, 0.3) is 10.9 Å². The summed E-state index contributed by atoms with van der Waals surface area (Å²) >= 11 is 0. The lowest BCUT2D eigenvalue weighted by molar-refractivity contribution is -0.127. The minimum atomic E-state index is -2.69. The molecule has 1 spiro atoms. The van der Waals surface area contributed by atoms with Crippen LogP contribution >= 0.6 is 0 Å². The number of nitrogens with one attached hydrogen (secondary N) is 1. The molecule has 0 saturated heterocycles. The molecule has 1 aliphatic carbocycles. The van der Waals surface area contributed by atoms with Gasteiger partial charge in [0, 0.05) is 41.6 Å². The van der Waals surface area contributed by atoms with Crippen LogP contribution in [0.4, 0.5) is 14.5 Å². The number of aromatic nitrogens is 2. The lowest BCUT2D eigenvalue weighted by Crippen LogP contribution is -2.49. The predicted octanol–water partition coefficient (Wildman–Crippen LogP) is 4.76. The quantitative estimate of drug-likeness (QED) is 0.615. The molecule has 1 aromatic heterocycles. The third-order valence-corrected chi connectivity index (χ3v) is 6.64. The fraction of sp³-hybridized carbons (Fsp3) is 0.375. The fourth-order valence-corrected chi connectivity index (χ4v) is 5.20. The molecule has 3 aromatic rings. The van der Waals surface area contributed by atoms with Crippen LogP contribution in [0.5, 0.6) is 0 Å². The summed E-state index contributed by atoms with van der Waals surface area (Å²) in [4.78, 5) is 29.5. The number of carbonyl (C=O) groups is 1. The summed E-state index contributed by atoms with van der Waals surface area (Å²) in [6.45, 7) is 4.28. The third kappa shape index (κ3) is 3.06. The molecular formula is C24H23F2N3O2. The van der Waals surface area contributed by atoms with E-state index < -0.39 is 11.3 Å². The Balaban J connectivity index is 1.64. The van der Waals surface area contributed by atoms with Gasteiger partial charge >= 0.3 is 0 Å². The minimum Gasteiger partial charge on any atom is -0.378 e. The first-order valence-corrected chi connectivity index (χ1v) is 10.5. The summed E-state index contributed by atoms with van der Waals surface area (Å²) in [5.41, 5.74) is 2.62. The number of aryl methyl sites for hydroxylation is 1. The van der Waals surface area contributed by atoms with Gasteiger partial charge in [-0.3, -0.25) is 14.2 Å². The molecule has 2 aliphatic rings. The van der Waals surface area contributed by atoms with Crippen LogP contribution in [0.3, 0.4) is 0 Å². The summed E-state index contributed by atoms with van der Waals surface area (Å²) in [5.74, 6) is -2.20. The molecule has 160 valence electrons. The van der Waals surface area contributed by atoms with Gasteiger partial charge in [-0.05, 0) is 44.0 Å². The van der Waals surface area contributed by atoms with E-state index in [-0.39, 0.29) is 24.4 Å². The van der Waals surface area contributed by atoms with Gasteiger partial charge in [-0.2, -0.15) is 0 Å². The first-order valence-electron chi connectivity index (χ1n) is 10.5. The van der Waals surface area contributed by atoms with Crippen LogP contribution < -0.4 is 10.9 Å². The molecule has 0 bridgehead atoms. The molecule has 0 amide bonds. The summed E-state index contributed by atoms with van der Waals surface area (Å²) in [7, 11) is 0. The van der Waals surface area contributed by atoms with Gasteiger partial charge in [-0.1, -0.05) is 18.2 Å². The summed E-state index contributed by atoms with van der Waals surface area (Å²) in [6.07, 6.45) is 0.816. The van der Waals surface area contributed by atoms with Crippen molar-refractivity contribution in [1.29, 1.82) is 0 Å². The van der Waals surface area contributed by atoms with Gasteiger partial charge < -0.3 is 5.32 Å². The number of halogens is 2. The van der Waals surface area contributed by atoms with Crippen LogP contribution in [-0.2, 0) is 12.0 Å². The summed E-state index contributed by atoms with van der Waals surface area (Å²) < 4.78 is 29.1. The number of hydrogen-bond donors (Lipinski definition) is 1. The molecule has 5 nitrogen and oxygen atoms in total. The molecule has 31 heavy (non-hydrogen) atoms. The molecule has 7 heteroatoms. The van der Waals surface area contributed by atoms with Crippen LogP contribution in [0, 0.1) is 6.92 Å². The van der Waals surface area contributed by atoms with Crippen molar-refractivity contribution in [1.82, 2.24) is 9.55 Å². The van der Waals surface area contributed by atoms with Crippen LogP contribution in [0.1, 0.15) is 59.5 Å². The van der Waals surface area contributed by atoms with Gasteiger partial charge in [-0.15, -0.1) is 0 Å². The van der Waals surface area contributed by atoms with E-state index in [1.165, 1.54) is 0 Å². The zero-order valence-electron chi connectivity index (χ0n) is 17.4. The Bertz CT molecular complexity index is 1270. The number of alkyl halides is 2. The topological polar surface area (TPSA) is 64.0 Å². The number of fused-ring (bicyclic) bond motifs is 3. The molecule has 2 aromatic carbocycles. The Kier molecular flexibility index (Phi) is 4.29. The maximum absolute atomic E-state index is 13.8. The van der Waals surface area contributed by atoms with Gasteiger partial charge in [0.1, 0.15) is 5.82 Å². The molecule has 1 atom stereocenters. The van der Waals surface area contributed by atoms with Gasteiger partial charge in [0.25, 0.3) is 5.56 Å². The number of hydrogen-bond acceptors (Lipinski definition) is 4. The van der Waals surface area contributed by atoms with Crippen molar-refractivity contribution in [2.75, 3.05) is 5.32 Å². The highest BCUT2D eigenvalue weighted by atomic mass is 19.3. The average Bonchev–Trinajstić information content (AvgIpc) is 3.06. The van der Waals surface area contributed by atoms with Crippen molar-refractivity contribution in [3.63, 3.8) is 0 Å². The van der Waals surface area contributed by atoms with E-state index in [1.54, 1.807) is 16.7 Å². The second-order valence-electron chi connectivity index (χ2n) is 8.95. The van der Waals surface area contributed by atoms with Crippen LogP contribution in [0.15, 0.2) is 41.2 Å². The molecular weight excluding hydrogens is 400 g/mol. The highest BCUT2D eigenvalue weighted by Crippen LogP contribution is 2.57. The summed E-state index contributed by atoms with van der Waals surface area (Å²) in [6, 6.07) is 10.7. The number of benzene rings is 2. The normalized spacial score (nSPS) is 19.1. The fourth-order valence-electron chi connectivity index (χ4n) is 5.20. The largest absolute Gasteiger partial charge is 0.378 e. The monoisotopic (exact) mass is 423 g/mol. The Hall–Kier alpha value is -3.09. The molecule has 0 radical (unpaired) electrons. The number of para-hydroxylation sites is 1. The molecule has 1 aliphatic heterocycles. The first-order chi connectivity index (χ1) is 14.7. The maximum Gasteiger partial charge on any atom is 0.261 e. The standard InChI is InChI=1S/C24H23F2N3O2/c1-14-9-17(15(2)27-19-6-4-3-5-16(19)11-30)20-18(10-14)21(31)29-8-7-23(22(29)28-20)12-24(25,26)13-23/h3-6,9-11,15,27H,7-8,12-13H2,1-2H3. The van der Waals surface area contributed by atoms with Crippen molar-refractivity contribution in [3.8, 4) is 0 Å². The van der Waals surface area contributed by atoms with E-state index >= 15 is 0 Å². The molecule has 1 unspecified atom stereocenters. The van der Waals surface area contributed by atoms with Gasteiger partial charge in [0.15, 0.2) is 6.29 Å².